The van der Waals surface area contributed by atoms with E-state index in [1.165, 1.54) is 31.5 Å². The van der Waals surface area contributed by atoms with Crippen LogP contribution in [0.4, 0.5) is 4.39 Å². The highest BCUT2D eigenvalue weighted by Gasteiger charge is 2.10. The summed E-state index contributed by atoms with van der Waals surface area (Å²) in [5.41, 5.74) is 3.88. The minimum atomic E-state index is -0.613. The molecule has 0 saturated carbocycles. The summed E-state index contributed by atoms with van der Waals surface area (Å²) in [5, 5.41) is 3.86. The van der Waals surface area contributed by atoms with Crippen molar-refractivity contribution in [1.82, 2.24) is 5.43 Å². The van der Waals surface area contributed by atoms with Gasteiger partial charge in [-0.05, 0) is 36.8 Å². The molecule has 5 nitrogen and oxygen atoms in total. The molecule has 0 aliphatic heterocycles. The van der Waals surface area contributed by atoms with Gasteiger partial charge >= 0.3 is 0 Å². The molecule has 1 N–H and O–H groups in total. The average Bonchev–Trinajstić information content (AvgIpc) is 2.56. The first-order valence-electron chi connectivity index (χ1n) is 6.87. The van der Waals surface area contributed by atoms with Crippen LogP contribution in [0, 0.1) is 12.7 Å². The van der Waals surface area contributed by atoms with Gasteiger partial charge in [0.15, 0.2) is 11.5 Å². The van der Waals surface area contributed by atoms with E-state index in [0.717, 1.165) is 11.1 Å². The standard InChI is InChI=1S/C17H17FN2O3/c1-11-8-15(22-2)16(23-3)9-12(11)10-19-20-17(21)13-6-4-5-7-14(13)18/h4-10H,1-3H3,(H,20,21)/b19-10-. The Kier molecular flexibility index (Phi) is 5.30. The van der Waals surface area contributed by atoms with Gasteiger partial charge in [-0.2, -0.15) is 5.10 Å². The Bertz CT molecular complexity index is 745. The van der Waals surface area contributed by atoms with Crippen LogP contribution in [0.3, 0.4) is 0 Å². The number of methoxy groups -OCH3 is 2. The maximum atomic E-state index is 13.5. The SMILES string of the molecule is COc1cc(C)c(/C=N\NC(=O)c2ccccc2F)cc1OC. The first-order chi connectivity index (χ1) is 11.1. The molecule has 120 valence electrons. The topological polar surface area (TPSA) is 59.9 Å². The summed E-state index contributed by atoms with van der Waals surface area (Å²) in [4.78, 5) is 11.9. The second kappa shape index (κ2) is 7.40. The van der Waals surface area contributed by atoms with Crippen LogP contribution >= 0.6 is 0 Å². The summed E-state index contributed by atoms with van der Waals surface area (Å²) in [7, 11) is 3.09. The van der Waals surface area contributed by atoms with Crippen molar-refractivity contribution in [2.45, 2.75) is 6.92 Å². The number of nitrogens with one attached hydrogen (secondary N) is 1. The van der Waals surface area contributed by atoms with Crippen LogP contribution in [0.25, 0.3) is 0 Å². The number of aryl methyl sites for hydroxylation is 1. The highest BCUT2D eigenvalue weighted by Crippen LogP contribution is 2.29. The largest absolute Gasteiger partial charge is 0.493 e. The summed E-state index contributed by atoms with van der Waals surface area (Å²) in [5.74, 6) is -0.0440. The molecule has 2 aromatic carbocycles. The zero-order valence-electron chi connectivity index (χ0n) is 13.1. The lowest BCUT2D eigenvalue weighted by Gasteiger charge is -2.10. The third-order valence-electron chi connectivity index (χ3n) is 3.26. The Labute approximate surface area is 133 Å². The number of rotatable bonds is 5. The van der Waals surface area contributed by atoms with Crippen LogP contribution in [-0.2, 0) is 0 Å². The van der Waals surface area contributed by atoms with Crippen molar-refractivity contribution < 1.29 is 18.7 Å². The molecule has 1 amide bonds. The minimum absolute atomic E-state index is 0.0614. The molecule has 0 unspecified atom stereocenters. The monoisotopic (exact) mass is 316 g/mol. The minimum Gasteiger partial charge on any atom is -0.493 e. The fourth-order valence-electron chi connectivity index (χ4n) is 2.00. The highest BCUT2D eigenvalue weighted by molar-refractivity contribution is 5.95. The van der Waals surface area contributed by atoms with Crippen LogP contribution in [0.15, 0.2) is 41.5 Å². The number of halogens is 1. The van der Waals surface area contributed by atoms with E-state index in [0.29, 0.717) is 11.5 Å². The second-order valence-corrected chi connectivity index (χ2v) is 4.74. The predicted molar refractivity (Wildman–Crippen MR) is 85.7 cm³/mol. The summed E-state index contributed by atoms with van der Waals surface area (Å²) in [6, 6.07) is 9.26. The Morgan fingerprint density at radius 1 is 1.17 bits per heavy atom. The van der Waals surface area contributed by atoms with E-state index >= 15 is 0 Å². The Morgan fingerprint density at radius 2 is 1.83 bits per heavy atom. The number of carbonyl (C=O) groups is 1. The quantitative estimate of drug-likeness (QED) is 0.681. The molecule has 0 heterocycles. The van der Waals surface area contributed by atoms with Crippen LogP contribution < -0.4 is 14.9 Å². The van der Waals surface area contributed by atoms with Crippen molar-refractivity contribution in [3.8, 4) is 11.5 Å². The van der Waals surface area contributed by atoms with Gasteiger partial charge in [0.2, 0.25) is 0 Å². The number of hydrogen-bond donors (Lipinski definition) is 1. The molecule has 0 aliphatic carbocycles. The number of hydrazone groups is 1. The normalized spacial score (nSPS) is 10.6. The fraction of sp³-hybridized carbons (Fsp3) is 0.176. The molecular weight excluding hydrogens is 299 g/mol. The molecule has 0 aliphatic rings. The number of carbonyl (C=O) groups excluding carboxylic acids is 1. The molecule has 0 bridgehead atoms. The van der Waals surface area contributed by atoms with Crippen LogP contribution in [0.1, 0.15) is 21.5 Å². The maximum Gasteiger partial charge on any atom is 0.274 e. The Hall–Kier alpha value is -2.89. The number of benzene rings is 2. The molecule has 6 heteroatoms. The summed E-state index contributed by atoms with van der Waals surface area (Å²) in [6.45, 7) is 1.88. The Balaban J connectivity index is 2.15. The fourth-order valence-corrected chi connectivity index (χ4v) is 2.00. The number of nitrogens with zero attached hydrogens (tertiary/aromatic N) is 1. The molecule has 0 atom stereocenters. The van der Waals surface area contributed by atoms with Crippen molar-refractivity contribution in [3.05, 3.63) is 58.9 Å². The maximum absolute atomic E-state index is 13.5. The molecule has 0 aromatic heterocycles. The summed E-state index contributed by atoms with van der Waals surface area (Å²) < 4.78 is 23.9. The molecule has 2 aromatic rings. The lowest BCUT2D eigenvalue weighted by atomic mass is 10.1. The average molecular weight is 316 g/mol. The van der Waals surface area contributed by atoms with Crippen LogP contribution in [0.2, 0.25) is 0 Å². The van der Waals surface area contributed by atoms with E-state index in [-0.39, 0.29) is 5.56 Å². The number of amides is 1. The lowest BCUT2D eigenvalue weighted by Crippen LogP contribution is -2.19. The van der Waals surface area contributed by atoms with Crippen molar-refractivity contribution in [3.63, 3.8) is 0 Å². The second-order valence-electron chi connectivity index (χ2n) is 4.74. The van der Waals surface area contributed by atoms with Gasteiger partial charge in [-0.25, -0.2) is 9.82 Å². The molecule has 0 spiro atoms. The third-order valence-corrected chi connectivity index (χ3v) is 3.26. The van der Waals surface area contributed by atoms with Crippen molar-refractivity contribution in [2.24, 2.45) is 5.10 Å². The van der Waals surface area contributed by atoms with Gasteiger partial charge in [-0.3, -0.25) is 4.79 Å². The van der Waals surface area contributed by atoms with Crippen LogP contribution in [-0.4, -0.2) is 26.3 Å². The molecule has 23 heavy (non-hydrogen) atoms. The third kappa shape index (κ3) is 3.85. The van der Waals surface area contributed by atoms with E-state index in [9.17, 15) is 9.18 Å². The van der Waals surface area contributed by atoms with Crippen LogP contribution in [0.5, 0.6) is 11.5 Å². The van der Waals surface area contributed by atoms with Crippen molar-refractivity contribution in [2.75, 3.05) is 14.2 Å². The predicted octanol–water partition coefficient (Wildman–Crippen LogP) is 2.92. The number of ether oxygens (including phenoxy) is 2. The van der Waals surface area contributed by atoms with Gasteiger partial charge in [-0.1, -0.05) is 12.1 Å². The van der Waals surface area contributed by atoms with Gasteiger partial charge in [0.25, 0.3) is 5.91 Å². The van der Waals surface area contributed by atoms with Gasteiger partial charge in [0, 0.05) is 5.56 Å². The summed E-state index contributed by atoms with van der Waals surface area (Å²) >= 11 is 0. The van der Waals surface area contributed by atoms with Gasteiger partial charge in [-0.15, -0.1) is 0 Å². The van der Waals surface area contributed by atoms with Gasteiger partial charge in [0.05, 0.1) is 26.0 Å². The molecule has 0 saturated heterocycles. The Morgan fingerprint density at radius 3 is 2.48 bits per heavy atom. The van der Waals surface area contributed by atoms with Gasteiger partial charge < -0.3 is 9.47 Å². The van der Waals surface area contributed by atoms with E-state index < -0.39 is 11.7 Å². The van der Waals surface area contributed by atoms with E-state index in [2.05, 4.69) is 10.5 Å². The molecule has 2 rings (SSSR count). The zero-order chi connectivity index (χ0) is 16.8. The molecule has 0 fully saturated rings. The van der Waals surface area contributed by atoms with E-state index in [4.69, 9.17) is 9.47 Å². The van der Waals surface area contributed by atoms with Crippen molar-refractivity contribution in [1.29, 1.82) is 0 Å². The van der Waals surface area contributed by atoms with E-state index in [1.54, 1.807) is 25.3 Å². The van der Waals surface area contributed by atoms with Crippen molar-refractivity contribution >= 4 is 12.1 Å². The smallest absolute Gasteiger partial charge is 0.274 e. The molecular formula is C17H17FN2O3. The zero-order valence-corrected chi connectivity index (χ0v) is 13.1. The number of hydrogen-bond acceptors (Lipinski definition) is 4. The molecule has 0 radical (unpaired) electrons. The van der Waals surface area contributed by atoms with E-state index in [1.807, 2.05) is 6.92 Å². The first kappa shape index (κ1) is 16.5. The highest BCUT2D eigenvalue weighted by atomic mass is 19.1. The summed E-state index contributed by atoms with van der Waals surface area (Å²) in [6.07, 6.45) is 1.47. The first-order valence-corrected chi connectivity index (χ1v) is 6.87. The lowest BCUT2D eigenvalue weighted by molar-refractivity contribution is 0.0951. The van der Waals surface area contributed by atoms with Gasteiger partial charge in [0.1, 0.15) is 5.82 Å².